The van der Waals surface area contributed by atoms with E-state index in [9.17, 15) is 9.59 Å². The highest BCUT2D eigenvalue weighted by atomic mass is 16.5. The van der Waals surface area contributed by atoms with Crippen LogP contribution in [0.4, 0.5) is 0 Å². The minimum absolute atomic E-state index is 0.0224. The van der Waals surface area contributed by atoms with E-state index in [1.807, 2.05) is 0 Å². The monoisotopic (exact) mass is 468 g/mol. The van der Waals surface area contributed by atoms with Crippen LogP contribution in [0.3, 0.4) is 0 Å². The Bertz CT molecular complexity index is 449. The summed E-state index contributed by atoms with van der Waals surface area (Å²) in [6, 6.07) is 0. The van der Waals surface area contributed by atoms with Crippen molar-refractivity contribution in [1.82, 2.24) is 0 Å². The summed E-state index contributed by atoms with van der Waals surface area (Å²) in [6.07, 6.45) is 21.6. The molecule has 0 aliphatic heterocycles. The van der Waals surface area contributed by atoms with Crippen LogP contribution >= 0.6 is 0 Å². The molecule has 0 saturated carbocycles. The van der Waals surface area contributed by atoms with E-state index in [4.69, 9.17) is 9.47 Å². The number of rotatable bonds is 24. The lowest BCUT2D eigenvalue weighted by Gasteiger charge is -2.23. The van der Waals surface area contributed by atoms with Gasteiger partial charge in [0.15, 0.2) is 0 Å². The molecule has 0 fully saturated rings. The number of esters is 2. The van der Waals surface area contributed by atoms with Crippen LogP contribution in [0.2, 0.25) is 0 Å². The zero-order valence-electron chi connectivity index (χ0n) is 22.6. The molecule has 0 N–H and O–H groups in total. The predicted octanol–water partition coefficient (Wildman–Crippen LogP) is 8.80. The zero-order chi connectivity index (χ0) is 24.6. The SMILES string of the molecule is CCCCOC(=O)CCCCCCCCCCCCCC(CC)C(CC)C(=O)OCCCC. The van der Waals surface area contributed by atoms with Gasteiger partial charge in [0.1, 0.15) is 0 Å². The third-order valence-corrected chi connectivity index (χ3v) is 6.79. The summed E-state index contributed by atoms with van der Waals surface area (Å²) in [7, 11) is 0. The predicted molar refractivity (Wildman–Crippen MR) is 139 cm³/mol. The van der Waals surface area contributed by atoms with Gasteiger partial charge in [-0.2, -0.15) is 0 Å². The molecule has 2 unspecified atom stereocenters. The Morgan fingerprint density at radius 2 is 1.06 bits per heavy atom. The molecule has 0 rings (SSSR count). The Hall–Kier alpha value is -1.06. The summed E-state index contributed by atoms with van der Waals surface area (Å²) in [5.41, 5.74) is 0. The highest BCUT2D eigenvalue weighted by Crippen LogP contribution is 2.27. The second-order valence-electron chi connectivity index (χ2n) is 9.71. The first-order valence-electron chi connectivity index (χ1n) is 14.4. The highest BCUT2D eigenvalue weighted by Gasteiger charge is 2.26. The van der Waals surface area contributed by atoms with E-state index in [0.29, 0.717) is 25.6 Å². The summed E-state index contributed by atoms with van der Waals surface area (Å²) < 4.78 is 10.7. The average Bonchev–Trinajstić information content (AvgIpc) is 2.81. The maximum atomic E-state index is 12.4. The van der Waals surface area contributed by atoms with Crippen molar-refractivity contribution in [2.75, 3.05) is 13.2 Å². The lowest BCUT2D eigenvalue weighted by Crippen LogP contribution is -2.25. The van der Waals surface area contributed by atoms with Crippen molar-refractivity contribution >= 4 is 11.9 Å². The maximum absolute atomic E-state index is 12.4. The minimum atomic E-state index is -0.0224. The van der Waals surface area contributed by atoms with Crippen LogP contribution in [0.5, 0.6) is 0 Å². The fourth-order valence-corrected chi connectivity index (χ4v) is 4.48. The van der Waals surface area contributed by atoms with E-state index in [-0.39, 0.29) is 17.9 Å². The minimum Gasteiger partial charge on any atom is -0.466 e. The lowest BCUT2D eigenvalue weighted by atomic mass is 9.84. The molecule has 0 amide bonds. The van der Waals surface area contributed by atoms with E-state index >= 15 is 0 Å². The van der Waals surface area contributed by atoms with Crippen LogP contribution < -0.4 is 0 Å². The summed E-state index contributed by atoms with van der Waals surface area (Å²) in [5.74, 6) is 0.566. The number of unbranched alkanes of at least 4 members (excludes halogenated alkanes) is 12. The van der Waals surface area contributed by atoms with Crippen molar-refractivity contribution in [1.29, 1.82) is 0 Å². The Labute approximate surface area is 206 Å². The first-order valence-corrected chi connectivity index (χ1v) is 14.4. The third-order valence-electron chi connectivity index (χ3n) is 6.79. The summed E-state index contributed by atoms with van der Waals surface area (Å²) in [5, 5.41) is 0. The Kier molecular flexibility index (Phi) is 23.3. The molecule has 196 valence electrons. The molecule has 0 bridgehead atoms. The normalized spacial score (nSPS) is 13.0. The Morgan fingerprint density at radius 1 is 0.576 bits per heavy atom. The maximum Gasteiger partial charge on any atom is 0.309 e. The Morgan fingerprint density at radius 3 is 1.55 bits per heavy atom. The van der Waals surface area contributed by atoms with Crippen molar-refractivity contribution in [2.24, 2.45) is 11.8 Å². The van der Waals surface area contributed by atoms with Gasteiger partial charge in [-0.05, 0) is 38.0 Å². The van der Waals surface area contributed by atoms with Gasteiger partial charge in [0.25, 0.3) is 0 Å². The molecule has 0 aliphatic carbocycles. The molecule has 0 saturated heterocycles. The average molecular weight is 469 g/mol. The van der Waals surface area contributed by atoms with Gasteiger partial charge in [-0.25, -0.2) is 0 Å². The molecule has 2 atom stereocenters. The molecule has 33 heavy (non-hydrogen) atoms. The van der Waals surface area contributed by atoms with Gasteiger partial charge in [-0.1, -0.05) is 111 Å². The Balaban J connectivity index is 3.61. The third kappa shape index (κ3) is 19.0. The van der Waals surface area contributed by atoms with Gasteiger partial charge in [-0.3, -0.25) is 9.59 Å². The van der Waals surface area contributed by atoms with Crippen molar-refractivity contribution in [3.63, 3.8) is 0 Å². The number of ether oxygens (including phenoxy) is 2. The van der Waals surface area contributed by atoms with E-state index in [2.05, 4.69) is 27.7 Å². The molecule has 0 aliphatic rings. The lowest BCUT2D eigenvalue weighted by molar-refractivity contribution is -0.151. The molecular formula is C29H56O4. The van der Waals surface area contributed by atoms with E-state index in [0.717, 1.165) is 57.8 Å². The second-order valence-corrected chi connectivity index (χ2v) is 9.71. The molecule has 0 aromatic rings. The smallest absolute Gasteiger partial charge is 0.309 e. The molecule has 0 radical (unpaired) electrons. The molecule has 0 spiro atoms. The highest BCUT2D eigenvalue weighted by molar-refractivity contribution is 5.72. The van der Waals surface area contributed by atoms with Crippen LogP contribution in [0, 0.1) is 11.8 Å². The van der Waals surface area contributed by atoms with Crippen molar-refractivity contribution in [2.45, 2.75) is 150 Å². The first-order chi connectivity index (χ1) is 16.1. The zero-order valence-corrected chi connectivity index (χ0v) is 22.6. The number of hydrogen-bond acceptors (Lipinski definition) is 4. The fourth-order valence-electron chi connectivity index (χ4n) is 4.48. The van der Waals surface area contributed by atoms with Crippen LogP contribution in [-0.2, 0) is 19.1 Å². The van der Waals surface area contributed by atoms with E-state index in [1.54, 1.807) is 0 Å². The molecule has 0 heterocycles. The molecule has 0 aromatic heterocycles. The second kappa shape index (κ2) is 24.1. The number of carbonyl (C=O) groups excluding carboxylic acids is 2. The van der Waals surface area contributed by atoms with E-state index < -0.39 is 0 Å². The molecule has 4 nitrogen and oxygen atoms in total. The van der Waals surface area contributed by atoms with Crippen molar-refractivity contribution < 1.29 is 19.1 Å². The van der Waals surface area contributed by atoms with Gasteiger partial charge < -0.3 is 9.47 Å². The quantitative estimate of drug-likeness (QED) is 0.105. The summed E-state index contributed by atoms with van der Waals surface area (Å²) in [4.78, 5) is 23.9. The van der Waals surface area contributed by atoms with Gasteiger partial charge in [-0.15, -0.1) is 0 Å². The van der Waals surface area contributed by atoms with Gasteiger partial charge in [0.05, 0.1) is 19.1 Å². The van der Waals surface area contributed by atoms with Crippen molar-refractivity contribution in [3.8, 4) is 0 Å². The van der Waals surface area contributed by atoms with Gasteiger partial charge in [0.2, 0.25) is 0 Å². The van der Waals surface area contributed by atoms with Gasteiger partial charge in [0, 0.05) is 6.42 Å². The van der Waals surface area contributed by atoms with Crippen LogP contribution in [-0.4, -0.2) is 25.2 Å². The largest absolute Gasteiger partial charge is 0.466 e. The summed E-state index contributed by atoms with van der Waals surface area (Å²) >= 11 is 0. The molecular weight excluding hydrogens is 412 g/mol. The number of hydrogen-bond donors (Lipinski definition) is 0. The molecule has 4 heteroatoms. The van der Waals surface area contributed by atoms with Crippen molar-refractivity contribution in [3.05, 3.63) is 0 Å². The van der Waals surface area contributed by atoms with Crippen LogP contribution in [0.15, 0.2) is 0 Å². The summed E-state index contributed by atoms with van der Waals surface area (Å²) in [6.45, 7) is 9.73. The van der Waals surface area contributed by atoms with E-state index in [1.165, 1.54) is 57.8 Å². The first kappa shape index (κ1) is 31.9. The fraction of sp³-hybridized carbons (Fsp3) is 0.931. The standard InChI is InChI=1S/C29H56O4/c1-5-9-24-32-28(30)23-21-19-17-15-13-11-12-14-16-18-20-22-26(7-3)27(8-4)29(31)33-25-10-6-2/h26-27H,5-25H2,1-4H3. The van der Waals surface area contributed by atoms with Crippen LogP contribution in [0.1, 0.15) is 150 Å². The topological polar surface area (TPSA) is 52.6 Å². The van der Waals surface area contributed by atoms with Gasteiger partial charge >= 0.3 is 11.9 Å². The van der Waals surface area contributed by atoms with Crippen LogP contribution in [0.25, 0.3) is 0 Å². The number of carbonyl (C=O) groups is 2. The molecule has 0 aromatic carbocycles.